The highest BCUT2D eigenvalue weighted by atomic mass is 16.5. The van der Waals surface area contributed by atoms with Crippen LogP contribution in [-0.2, 0) is 9.59 Å². The maximum absolute atomic E-state index is 11.8. The van der Waals surface area contributed by atoms with E-state index in [0.717, 1.165) is 5.75 Å². The number of carbonyl (C=O) groups excluding carboxylic acids is 2. The third kappa shape index (κ3) is 6.35. The highest BCUT2D eigenvalue weighted by molar-refractivity contribution is 6.03. The van der Waals surface area contributed by atoms with Crippen molar-refractivity contribution in [2.75, 3.05) is 32.7 Å². The number of hydrogen-bond acceptors (Lipinski definition) is 5. The van der Waals surface area contributed by atoms with Crippen molar-refractivity contribution in [2.45, 2.75) is 6.42 Å². The fraction of sp³-hybridized carbons (Fsp3) is 0.263. The number of ether oxygens (including phenoxy) is 3. The Bertz CT molecular complexity index is 714. The highest BCUT2D eigenvalue weighted by Gasteiger charge is 2.09. The van der Waals surface area contributed by atoms with Gasteiger partial charge >= 0.3 is 0 Å². The molecule has 2 rings (SSSR count). The first-order valence-corrected chi connectivity index (χ1v) is 8.08. The van der Waals surface area contributed by atoms with E-state index in [2.05, 4.69) is 10.6 Å². The topological polar surface area (TPSA) is 85.9 Å². The molecule has 0 unspecified atom stereocenters. The summed E-state index contributed by atoms with van der Waals surface area (Å²) in [6, 6.07) is 14.0. The SMILES string of the molecule is COc1ccc(NC(=O)CC(=O)NCCOc2ccc(OC)cc2)cc1. The summed E-state index contributed by atoms with van der Waals surface area (Å²) in [5.74, 6) is 1.36. The standard InChI is InChI=1S/C19H22N2O5/c1-24-15-5-3-14(4-6-15)21-19(23)13-18(22)20-11-12-26-17-9-7-16(25-2)8-10-17/h3-10H,11-13H2,1-2H3,(H,20,22)(H,21,23). The van der Waals surface area contributed by atoms with Gasteiger partial charge in [-0.05, 0) is 48.5 Å². The Morgan fingerprint density at radius 3 is 1.92 bits per heavy atom. The molecule has 2 aromatic carbocycles. The molecule has 7 nitrogen and oxygen atoms in total. The molecule has 0 saturated heterocycles. The average Bonchev–Trinajstić information content (AvgIpc) is 2.66. The van der Waals surface area contributed by atoms with E-state index in [-0.39, 0.29) is 18.2 Å². The third-order valence-corrected chi connectivity index (χ3v) is 3.45. The molecule has 0 aliphatic rings. The number of nitrogens with one attached hydrogen (secondary N) is 2. The van der Waals surface area contributed by atoms with Gasteiger partial charge in [0.25, 0.3) is 0 Å². The van der Waals surface area contributed by atoms with Crippen molar-refractivity contribution in [1.29, 1.82) is 0 Å². The van der Waals surface area contributed by atoms with Crippen LogP contribution in [-0.4, -0.2) is 39.2 Å². The molecule has 0 radical (unpaired) electrons. The Kier molecular flexibility index (Phi) is 7.30. The molecule has 138 valence electrons. The van der Waals surface area contributed by atoms with Crippen LogP contribution in [0, 0.1) is 0 Å². The minimum Gasteiger partial charge on any atom is -0.497 e. The molecule has 0 bridgehead atoms. The van der Waals surface area contributed by atoms with Gasteiger partial charge in [0.15, 0.2) is 0 Å². The molecule has 0 heterocycles. The number of carbonyl (C=O) groups is 2. The van der Waals surface area contributed by atoms with E-state index >= 15 is 0 Å². The number of rotatable bonds is 9. The van der Waals surface area contributed by atoms with Crippen molar-refractivity contribution in [3.63, 3.8) is 0 Å². The van der Waals surface area contributed by atoms with E-state index in [0.29, 0.717) is 30.3 Å². The van der Waals surface area contributed by atoms with Crippen LogP contribution in [0.1, 0.15) is 6.42 Å². The van der Waals surface area contributed by atoms with Crippen LogP contribution in [0.3, 0.4) is 0 Å². The highest BCUT2D eigenvalue weighted by Crippen LogP contribution is 2.17. The van der Waals surface area contributed by atoms with Gasteiger partial charge in [-0.2, -0.15) is 0 Å². The quantitative estimate of drug-likeness (QED) is 0.530. The molecular formula is C19H22N2O5. The fourth-order valence-electron chi connectivity index (χ4n) is 2.12. The first-order valence-electron chi connectivity index (χ1n) is 8.08. The smallest absolute Gasteiger partial charge is 0.233 e. The fourth-order valence-corrected chi connectivity index (χ4v) is 2.12. The van der Waals surface area contributed by atoms with Gasteiger partial charge < -0.3 is 24.8 Å². The summed E-state index contributed by atoms with van der Waals surface area (Å²) < 4.78 is 15.6. The van der Waals surface area contributed by atoms with Crippen LogP contribution < -0.4 is 24.8 Å². The molecule has 2 amide bonds. The molecule has 2 aromatic rings. The van der Waals surface area contributed by atoms with E-state index < -0.39 is 0 Å². The van der Waals surface area contributed by atoms with Gasteiger partial charge in [-0.15, -0.1) is 0 Å². The summed E-state index contributed by atoms with van der Waals surface area (Å²) in [4.78, 5) is 23.6. The molecule has 0 aliphatic heterocycles. The minimum atomic E-state index is -0.385. The maximum Gasteiger partial charge on any atom is 0.233 e. The van der Waals surface area contributed by atoms with Gasteiger partial charge in [0.05, 0.1) is 20.8 Å². The van der Waals surface area contributed by atoms with Crippen LogP contribution in [0.2, 0.25) is 0 Å². The van der Waals surface area contributed by atoms with Crippen LogP contribution >= 0.6 is 0 Å². The second kappa shape index (κ2) is 9.93. The third-order valence-electron chi connectivity index (χ3n) is 3.45. The Hall–Kier alpha value is -3.22. The van der Waals surface area contributed by atoms with Gasteiger partial charge in [-0.25, -0.2) is 0 Å². The lowest BCUT2D eigenvalue weighted by Crippen LogP contribution is -2.31. The van der Waals surface area contributed by atoms with Crippen molar-refractivity contribution in [1.82, 2.24) is 5.32 Å². The summed E-state index contributed by atoms with van der Waals surface area (Å²) >= 11 is 0. The minimum absolute atomic E-state index is 0.255. The van der Waals surface area contributed by atoms with Gasteiger partial charge in [-0.3, -0.25) is 9.59 Å². The molecule has 0 fully saturated rings. The van der Waals surface area contributed by atoms with Crippen molar-refractivity contribution < 1.29 is 23.8 Å². The maximum atomic E-state index is 11.8. The van der Waals surface area contributed by atoms with Crippen molar-refractivity contribution in [3.8, 4) is 17.2 Å². The zero-order valence-electron chi connectivity index (χ0n) is 14.8. The van der Waals surface area contributed by atoms with E-state index in [1.807, 2.05) is 0 Å². The van der Waals surface area contributed by atoms with E-state index in [1.54, 1.807) is 62.8 Å². The first-order chi connectivity index (χ1) is 12.6. The molecule has 2 N–H and O–H groups in total. The molecule has 26 heavy (non-hydrogen) atoms. The van der Waals surface area contributed by atoms with Crippen molar-refractivity contribution in [3.05, 3.63) is 48.5 Å². The second-order valence-corrected chi connectivity index (χ2v) is 5.33. The van der Waals surface area contributed by atoms with E-state index in [1.165, 1.54) is 0 Å². The number of methoxy groups -OCH3 is 2. The molecule has 0 aliphatic carbocycles. The first kappa shape index (κ1) is 19.1. The Balaban J connectivity index is 1.64. The normalized spacial score (nSPS) is 9.92. The lowest BCUT2D eigenvalue weighted by molar-refractivity contribution is -0.126. The molecule has 0 atom stereocenters. The lowest BCUT2D eigenvalue weighted by Gasteiger charge is -2.09. The van der Waals surface area contributed by atoms with Crippen LogP contribution in [0.4, 0.5) is 5.69 Å². The predicted octanol–water partition coefficient (Wildman–Crippen LogP) is 2.23. The number of anilines is 1. The summed E-state index contributed by atoms with van der Waals surface area (Å²) in [5.41, 5.74) is 0.603. The Labute approximate surface area is 152 Å². The monoisotopic (exact) mass is 358 g/mol. The summed E-state index contributed by atoms with van der Waals surface area (Å²) in [7, 11) is 3.16. The van der Waals surface area contributed by atoms with Crippen LogP contribution in [0.5, 0.6) is 17.2 Å². The molecular weight excluding hydrogens is 336 g/mol. The second-order valence-electron chi connectivity index (χ2n) is 5.33. The molecule has 0 spiro atoms. The Morgan fingerprint density at radius 2 is 1.35 bits per heavy atom. The number of hydrogen-bond donors (Lipinski definition) is 2. The zero-order valence-corrected chi connectivity index (χ0v) is 14.8. The number of benzene rings is 2. The van der Waals surface area contributed by atoms with E-state index in [4.69, 9.17) is 14.2 Å². The Morgan fingerprint density at radius 1 is 0.808 bits per heavy atom. The van der Waals surface area contributed by atoms with E-state index in [9.17, 15) is 9.59 Å². The van der Waals surface area contributed by atoms with Crippen LogP contribution in [0.25, 0.3) is 0 Å². The molecule has 0 saturated carbocycles. The average molecular weight is 358 g/mol. The zero-order chi connectivity index (χ0) is 18.8. The number of amides is 2. The van der Waals surface area contributed by atoms with Crippen molar-refractivity contribution >= 4 is 17.5 Å². The molecule has 7 heteroatoms. The summed E-state index contributed by atoms with van der Waals surface area (Å²) in [5, 5.41) is 5.29. The predicted molar refractivity (Wildman–Crippen MR) is 97.7 cm³/mol. The summed E-state index contributed by atoms with van der Waals surface area (Å²) in [6.45, 7) is 0.610. The van der Waals surface area contributed by atoms with Crippen molar-refractivity contribution in [2.24, 2.45) is 0 Å². The van der Waals surface area contributed by atoms with Gasteiger partial charge in [0.2, 0.25) is 11.8 Å². The molecule has 0 aromatic heterocycles. The van der Waals surface area contributed by atoms with Gasteiger partial charge in [0, 0.05) is 5.69 Å². The van der Waals surface area contributed by atoms with Crippen LogP contribution in [0.15, 0.2) is 48.5 Å². The lowest BCUT2D eigenvalue weighted by atomic mass is 10.3. The largest absolute Gasteiger partial charge is 0.497 e. The summed E-state index contributed by atoms with van der Waals surface area (Å²) in [6.07, 6.45) is -0.255. The van der Waals surface area contributed by atoms with Gasteiger partial charge in [-0.1, -0.05) is 0 Å². The van der Waals surface area contributed by atoms with Gasteiger partial charge in [0.1, 0.15) is 30.3 Å².